The third-order valence-corrected chi connectivity index (χ3v) is 4.56. The molecule has 2 aromatic rings. The lowest BCUT2D eigenvalue weighted by Crippen LogP contribution is -2.40. The van der Waals surface area contributed by atoms with E-state index in [4.69, 9.17) is 16.3 Å². The Hall–Kier alpha value is -1.72. The zero-order valence-corrected chi connectivity index (χ0v) is 14.5. The van der Waals surface area contributed by atoms with Gasteiger partial charge < -0.3 is 10.1 Å². The van der Waals surface area contributed by atoms with Crippen LogP contribution in [0.5, 0.6) is 0 Å². The van der Waals surface area contributed by atoms with Gasteiger partial charge in [-0.1, -0.05) is 35.9 Å². The zero-order valence-electron chi connectivity index (χ0n) is 13.0. The molecule has 1 atom stereocenters. The molecule has 6 heteroatoms. The van der Waals surface area contributed by atoms with Gasteiger partial charge in [-0.15, -0.1) is 11.8 Å². The van der Waals surface area contributed by atoms with Crippen LogP contribution in [-0.2, 0) is 14.3 Å². The Bertz CT molecular complexity index is 715. The monoisotopic (exact) mass is 351 g/mol. The lowest BCUT2D eigenvalue weighted by atomic mass is 10.1. The van der Waals surface area contributed by atoms with Crippen molar-refractivity contribution in [3.05, 3.63) is 41.4 Å². The van der Waals surface area contributed by atoms with E-state index in [-0.39, 0.29) is 11.7 Å². The fourth-order valence-electron chi connectivity index (χ4n) is 2.14. The molecule has 0 aliphatic rings. The Morgan fingerprint density at radius 1 is 1.26 bits per heavy atom. The van der Waals surface area contributed by atoms with Crippen molar-refractivity contribution in [2.24, 2.45) is 0 Å². The smallest absolute Gasteiger partial charge is 0.328 e. The lowest BCUT2D eigenvalue weighted by molar-refractivity contribution is -0.146. The third-order valence-electron chi connectivity index (χ3n) is 3.19. The molecule has 122 valence electrons. The molecule has 0 bridgehead atoms. The van der Waals surface area contributed by atoms with Crippen molar-refractivity contribution in [1.82, 2.24) is 5.32 Å². The van der Waals surface area contributed by atoms with Gasteiger partial charge in [0, 0.05) is 15.3 Å². The number of fused-ring (bicyclic) bond motifs is 1. The Morgan fingerprint density at radius 3 is 2.65 bits per heavy atom. The van der Waals surface area contributed by atoms with Crippen LogP contribution in [0.4, 0.5) is 0 Å². The van der Waals surface area contributed by atoms with Gasteiger partial charge in [0.2, 0.25) is 5.91 Å². The normalized spacial score (nSPS) is 12.0. The van der Waals surface area contributed by atoms with Crippen molar-refractivity contribution >= 4 is 46.0 Å². The van der Waals surface area contributed by atoms with Gasteiger partial charge in [-0.3, -0.25) is 4.79 Å². The summed E-state index contributed by atoms with van der Waals surface area (Å²) in [6.45, 7) is 3.63. The summed E-state index contributed by atoms with van der Waals surface area (Å²) in [6, 6.07) is 10.9. The average Bonchev–Trinajstić information content (AvgIpc) is 2.53. The van der Waals surface area contributed by atoms with Crippen LogP contribution in [0.15, 0.2) is 41.3 Å². The molecular weight excluding hydrogens is 334 g/mol. The van der Waals surface area contributed by atoms with Gasteiger partial charge in [-0.05, 0) is 31.4 Å². The van der Waals surface area contributed by atoms with Crippen LogP contribution >= 0.6 is 23.4 Å². The van der Waals surface area contributed by atoms with E-state index in [9.17, 15) is 9.59 Å². The summed E-state index contributed by atoms with van der Waals surface area (Å²) < 4.78 is 4.86. The van der Waals surface area contributed by atoms with Gasteiger partial charge in [0.1, 0.15) is 6.04 Å². The van der Waals surface area contributed by atoms with E-state index in [1.165, 1.54) is 11.8 Å². The van der Waals surface area contributed by atoms with Crippen molar-refractivity contribution in [3.8, 4) is 0 Å². The molecule has 0 aromatic heterocycles. The molecule has 23 heavy (non-hydrogen) atoms. The van der Waals surface area contributed by atoms with E-state index < -0.39 is 12.0 Å². The van der Waals surface area contributed by atoms with Crippen LogP contribution in [0.1, 0.15) is 13.8 Å². The van der Waals surface area contributed by atoms with Crippen LogP contribution in [0, 0.1) is 0 Å². The molecule has 2 aromatic carbocycles. The van der Waals surface area contributed by atoms with Crippen LogP contribution in [0.2, 0.25) is 5.02 Å². The molecule has 1 unspecified atom stereocenters. The summed E-state index contributed by atoms with van der Waals surface area (Å²) in [5.41, 5.74) is 0. The number of thioether (sulfide) groups is 1. The molecule has 0 fully saturated rings. The molecular formula is C17H18ClNO3S. The van der Waals surface area contributed by atoms with Crippen LogP contribution < -0.4 is 5.32 Å². The zero-order chi connectivity index (χ0) is 16.8. The topological polar surface area (TPSA) is 55.4 Å². The van der Waals surface area contributed by atoms with E-state index >= 15 is 0 Å². The van der Waals surface area contributed by atoms with Gasteiger partial charge in [0.05, 0.1) is 12.4 Å². The first-order valence-corrected chi connectivity index (χ1v) is 8.65. The largest absolute Gasteiger partial charge is 0.464 e. The fourth-order valence-corrected chi connectivity index (χ4v) is 3.39. The summed E-state index contributed by atoms with van der Waals surface area (Å²) in [5, 5.41) is 5.26. The predicted octanol–water partition coefficient (Wildman–Crippen LogP) is 3.65. The van der Waals surface area contributed by atoms with Crippen LogP contribution in [-0.4, -0.2) is 30.3 Å². The number of halogens is 1. The number of amides is 1. The number of ether oxygens (including phenoxy) is 1. The second-order valence-electron chi connectivity index (χ2n) is 4.92. The number of benzene rings is 2. The summed E-state index contributed by atoms with van der Waals surface area (Å²) in [7, 11) is 0. The molecule has 0 aliphatic carbocycles. The van der Waals surface area contributed by atoms with Crippen LogP contribution in [0.25, 0.3) is 10.8 Å². The van der Waals surface area contributed by atoms with Gasteiger partial charge in [-0.2, -0.15) is 0 Å². The number of hydrogen-bond donors (Lipinski definition) is 1. The highest BCUT2D eigenvalue weighted by molar-refractivity contribution is 8.00. The highest BCUT2D eigenvalue weighted by atomic mass is 35.5. The van der Waals surface area contributed by atoms with Crippen molar-refractivity contribution in [1.29, 1.82) is 0 Å². The van der Waals surface area contributed by atoms with E-state index in [2.05, 4.69) is 5.32 Å². The minimum Gasteiger partial charge on any atom is -0.464 e. The van der Waals surface area contributed by atoms with E-state index in [0.717, 1.165) is 15.7 Å². The maximum atomic E-state index is 12.0. The summed E-state index contributed by atoms with van der Waals surface area (Å²) in [6.07, 6.45) is 0. The highest BCUT2D eigenvalue weighted by Gasteiger charge is 2.16. The number of hydrogen-bond acceptors (Lipinski definition) is 4. The third kappa shape index (κ3) is 4.62. The molecule has 2 rings (SSSR count). The molecule has 1 amide bonds. The molecule has 0 saturated carbocycles. The lowest BCUT2D eigenvalue weighted by Gasteiger charge is -2.13. The number of esters is 1. The Balaban J connectivity index is 2.01. The molecule has 0 heterocycles. The first kappa shape index (κ1) is 17.6. The van der Waals surface area contributed by atoms with Crippen molar-refractivity contribution in [3.63, 3.8) is 0 Å². The molecule has 0 aliphatic heterocycles. The van der Waals surface area contributed by atoms with E-state index in [1.807, 2.05) is 36.4 Å². The summed E-state index contributed by atoms with van der Waals surface area (Å²) in [5.74, 6) is -0.452. The maximum Gasteiger partial charge on any atom is 0.328 e. The van der Waals surface area contributed by atoms with Gasteiger partial charge in [0.15, 0.2) is 0 Å². The Kier molecular flexibility index (Phi) is 6.30. The minimum atomic E-state index is -0.654. The number of rotatable bonds is 6. The molecule has 1 N–H and O–H groups in total. The Morgan fingerprint density at radius 2 is 1.96 bits per heavy atom. The van der Waals surface area contributed by atoms with E-state index in [0.29, 0.717) is 11.6 Å². The first-order chi connectivity index (χ1) is 11.0. The average molecular weight is 352 g/mol. The summed E-state index contributed by atoms with van der Waals surface area (Å²) in [4.78, 5) is 24.4. The van der Waals surface area contributed by atoms with Gasteiger partial charge in [0.25, 0.3) is 0 Å². The SMILES string of the molecule is CCOC(=O)C(C)NC(=O)CSc1cccc2cccc(Cl)c12. The molecule has 0 radical (unpaired) electrons. The van der Waals surface area contributed by atoms with Crippen LogP contribution in [0.3, 0.4) is 0 Å². The predicted molar refractivity (Wildman–Crippen MR) is 93.9 cm³/mol. The van der Waals surface area contributed by atoms with E-state index in [1.54, 1.807) is 13.8 Å². The molecule has 4 nitrogen and oxygen atoms in total. The second-order valence-corrected chi connectivity index (χ2v) is 6.35. The van der Waals surface area contributed by atoms with Crippen molar-refractivity contribution in [2.45, 2.75) is 24.8 Å². The fraction of sp³-hybridized carbons (Fsp3) is 0.294. The quantitative estimate of drug-likeness (QED) is 0.637. The first-order valence-electron chi connectivity index (χ1n) is 7.29. The van der Waals surface area contributed by atoms with Gasteiger partial charge in [-0.25, -0.2) is 4.79 Å². The van der Waals surface area contributed by atoms with Crippen molar-refractivity contribution < 1.29 is 14.3 Å². The van der Waals surface area contributed by atoms with Crippen molar-refractivity contribution in [2.75, 3.05) is 12.4 Å². The number of carbonyl (C=O) groups excluding carboxylic acids is 2. The number of nitrogens with one attached hydrogen (secondary N) is 1. The molecule has 0 spiro atoms. The molecule has 0 saturated heterocycles. The second kappa shape index (κ2) is 8.22. The Labute approximate surface area is 144 Å². The number of carbonyl (C=O) groups is 2. The standard InChI is InChI=1S/C17H18ClNO3S/c1-3-22-17(21)11(2)19-15(20)10-23-14-9-5-7-12-6-4-8-13(18)16(12)14/h4-9,11H,3,10H2,1-2H3,(H,19,20). The van der Waals surface area contributed by atoms with Gasteiger partial charge >= 0.3 is 5.97 Å². The summed E-state index contributed by atoms with van der Waals surface area (Å²) >= 11 is 7.65. The highest BCUT2D eigenvalue weighted by Crippen LogP contribution is 2.33. The maximum absolute atomic E-state index is 12.0. The minimum absolute atomic E-state index is 0.202.